The van der Waals surface area contributed by atoms with Crippen LogP contribution in [-0.2, 0) is 13.5 Å². The van der Waals surface area contributed by atoms with Gasteiger partial charge in [0.1, 0.15) is 5.82 Å². The largest absolute Gasteiger partial charge is 0.384 e. The van der Waals surface area contributed by atoms with E-state index in [-0.39, 0.29) is 0 Å². The first-order chi connectivity index (χ1) is 8.49. The van der Waals surface area contributed by atoms with Crippen LogP contribution in [0.3, 0.4) is 0 Å². The average molecular weight is 244 g/mol. The summed E-state index contributed by atoms with van der Waals surface area (Å²) in [5.74, 6) is 1.30. The van der Waals surface area contributed by atoms with E-state index in [1.54, 1.807) is 4.68 Å². The molecular formula is C14H20N4. The summed E-state index contributed by atoms with van der Waals surface area (Å²) in [4.78, 5) is 4.23. The van der Waals surface area contributed by atoms with Crippen LogP contribution in [0, 0.1) is 12.8 Å². The van der Waals surface area contributed by atoms with Gasteiger partial charge in [-0.1, -0.05) is 13.8 Å². The summed E-state index contributed by atoms with van der Waals surface area (Å²) in [6, 6.07) is 2.10. The van der Waals surface area contributed by atoms with Crippen molar-refractivity contribution in [1.29, 1.82) is 0 Å². The molecule has 2 aromatic rings. The topological polar surface area (TPSA) is 56.7 Å². The Labute approximate surface area is 108 Å². The average Bonchev–Trinajstić information content (AvgIpc) is 2.57. The highest BCUT2D eigenvalue weighted by Crippen LogP contribution is 2.28. The SMILES string of the molecule is Cc1cncc(-c2nn(C)c(N)c2CC(C)C)c1. The zero-order chi connectivity index (χ0) is 13.3. The lowest BCUT2D eigenvalue weighted by Gasteiger charge is -2.07. The fraction of sp³-hybridized carbons (Fsp3) is 0.429. The monoisotopic (exact) mass is 244 g/mol. The lowest BCUT2D eigenvalue weighted by molar-refractivity contribution is 0.648. The number of nitrogens with two attached hydrogens (primary N) is 1. The smallest absolute Gasteiger partial charge is 0.125 e. The van der Waals surface area contributed by atoms with Crippen LogP contribution < -0.4 is 5.73 Å². The van der Waals surface area contributed by atoms with E-state index in [9.17, 15) is 0 Å². The van der Waals surface area contributed by atoms with Crippen molar-refractivity contribution in [1.82, 2.24) is 14.8 Å². The minimum Gasteiger partial charge on any atom is -0.384 e. The Morgan fingerprint density at radius 1 is 1.33 bits per heavy atom. The van der Waals surface area contributed by atoms with Gasteiger partial charge in [-0.05, 0) is 30.9 Å². The van der Waals surface area contributed by atoms with E-state index in [1.165, 1.54) is 0 Å². The molecule has 18 heavy (non-hydrogen) atoms. The van der Waals surface area contributed by atoms with Crippen LogP contribution in [0.25, 0.3) is 11.3 Å². The van der Waals surface area contributed by atoms with Gasteiger partial charge in [0.15, 0.2) is 0 Å². The molecule has 0 spiro atoms. The summed E-state index contributed by atoms with van der Waals surface area (Å²) < 4.78 is 1.75. The Morgan fingerprint density at radius 3 is 2.67 bits per heavy atom. The first kappa shape index (κ1) is 12.6. The highest BCUT2D eigenvalue weighted by Gasteiger charge is 2.16. The minimum absolute atomic E-state index is 0.549. The minimum atomic E-state index is 0.549. The molecule has 4 nitrogen and oxygen atoms in total. The third-order valence-corrected chi connectivity index (χ3v) is 2.95. The number of anilines is 1. The van der Waals surface area contributed by atoms with Crippen molar-refractivity contribution in [2.45, 2.75) is 27.2 Å². The maximum atomic E-state index is 6.11. The van der Waals surface area contributed by atoms with Gasteiger partial charge in [0, 0.05) is 30.6 Å². The molecule has 2 N–H and O–H groups in total. The predicted molar refractivity (Wildman–Crippen MR) is 74.1 cm³/mol. The molecule has 0 aliphatic rings. The van der Waals surface area contributed by atoms with Crippen molar-refractivity contribution in [2.75, 3.05) is 5.73 Å². The Kier molecular flexibility index (Phi) is 3.36. The van der Waals surface area contributed by atoms with Gasteiger partial charge in [-0.3, -0.25) is 9.67 Å². The molecule has 0 saturated heterocycles. The lowest BCUT2D eigenvalue weighted by Crippen LogP contribution is -2.02. The number of nitrogen functional groups attached to an aromatic ring is 1. The van der Waals surface area contributed by atoms with Crippen molar-refractivity contribution in [3.8, 4) is 11.3 Å². The quantitative estimate of drug-likeness (QED) is 0.902. The maximum absolute atomic E-state index is 6.11. The van der Waals surface area contributed by atoms with E-state index < -0.39 is 0 Å². The number of aromatic nitrogens is 3. The van der Waals surface area contributed by atoms with Gasteiger partial charge in [0.25, 0.3) is 0 Å². The van der Waals surface area contributed by atoms with Gasteiger partial charge < -0.3 is 5.73 Å². The van der Waals surface area contributed by atoms with E-state index in [0.717, 1.165) is 34.6 Å². The van der Waals surface area contributed by atoms with Gasteiger partial charge in [-0.15, -0.1) is 0 Å². The van der Waals surface area contributed by atoms with Crippen LogP contribution in [0.15, 0.2) is 18.5 Å². The van der Waals surface area contributed by atoms with Crippen LogP contribution in [0.2, 0.25) is 0 Å². The van der Waals surface area contributed by atoms with Crippen molar-refractivity contribution >= 4 is 5.82 Å². The molecule has 0 aliphatic carbocycles. The second-order valence-corrected chi connectivity index (χ2v) is 5.18. The Bertz CT molecular complexity index is 555. The fourth-order valence-electron chi connectivity index (χ4n) is 2.11. The highest BCUT2D eigenvalue weighted by molar-refractivity contribution is 5.68. The molecule has 96 valence electrons. The summed E-state index contributed by atoms with van der Waals surface area (Å²) in [6.07, 6.45) is 4.62. The van der Waals surface area contributed by atoms with Crippen molar-refractivity contribution in [3.05, 3.63) is 29.6 Å². The summed E-state index contributed by atoms with van der Waals surface area (Å²) >= 11 is 0. The Hall–Kier alpha value is -1.84. The summed E-state index contributed by atoms with van der Waals surface area (Å²) in [5.41, 5.74) is 10.4. The molecule has 0 radical (unpaired) electrons. The molecule has 2 aromatic heterocycles. The molecule has 0 aliphatic heterocycles. The van der Waals surface area contributed by atoms with E-state index in [2.05, 4.69) is 30.0 Å². The van der Waals surface area contributed by atoms with E-state index in [4.69, 9.17) is 5.73 Å². The summed E-state index contributed by atoms with van der Waals surface area (Å²) in [6.45, 7) is 6.40. The first-order valence-electron chi connectivity index (χ1n) is 6.22. The molecule has 0 bridgehead atoms. The molecule has 2 heterocycles. The fourth-order valence-corrected chi connectivity index (χ4v) is 2.11. The van der Waals surface area contributed by atoms with Gasteiger partial charge >= 0.3 is 0 Å². The van der Waals surface area contributed by atoms with Crippen LogP contribution in [0.4, 0.5) is 5.82 Å². The van der Waals surface area contributed by atoms with Crippen LogP contribution in [0.1, 0.15) is 25.0 Å². The standard InChI is InChI=1S/C14H20N4/c1-9(2)5-12-13(17-18(4)14(12)15)11-6-10(3)7-16-8-11/h6-9H,5,15H2,1-4H3. The van der Waals surface area contributed by atoms with Crippen LogP contribution >= 0.6 is 0 Å². The number of hydrogen-bond donors (Lipinski definition) is 1. The van der Waals surface area contributed by atoms with Crippen LogP contribution in [0.5, 0.6) is 0 Å². The normalized spacial score (nSPS) is 11.2. The third-order valence-electron chi connectivity index (χ3n) is 2.95. The summed E-state index contributed by atoms with van der Waals surface area (Å²) in [7, 11) is 1.88. The van der Waals surface area contributed by atoms with Crippen LogP contribution in [-0.4, -0.2) is 14.8 Å². The number of hydrogen-bond acceptors (Lipinski definition) is 3. The van der Waals surface area contributed by atoms with Crippen molar-refractivity contribution in [3.63, 3.8) is 0 Å². The molecule has 0 amide bonds. The molecule has 0 aromatic carbocycles. The van der Waals surface area contributed by atoms with Gasteiger partial charge in [0.05, 0.1) is 5.69 Å². The number of nitrogens with zero attached hydrogens (tertiary/aromatic N) is 3. The van der Waals surface area contributed by atoms with E-state index in [0.29, 0.717) is 5.92 Å². The molecule has 0 atom stereocenters. The van der Waals surface area contributed by atoms with Gasteiger partial charge in [-0.25, -0.2) is 0 Å². The molecule has 0 unspecified atom stereocenters. The zero-order valence-corrected chi connectivity index (χ0v) is 11.4. The number of aryl methyl sites for hydroxylation is 2. The van der Waals surface area contributed by atoms with Gasteiger partial charge in [0.2, 0.25) is 0 Å². The molecular weight excluding hydrogens is 224 g/mol. The third kappa shape index (κ3) is 2.37. The van der Waals surface area contributed by atoms with Crippen molar-refractivity contribution < 1.29 is 0 Å². The summed E-state index contributed by atoms with van der Waals surface area (Å²) in [5, 5.41) is 4.53. The van der Waals surface area contributed by atoms with Crippen molar-refractivity contribution in [2.24, 2.45) is 13.0 Å². The zero-order valence-electron chi connectivity index (χ0n) is 11.4. The first-order valence-corrected chi connectivity index (χ1v) is 6.22. The number of rotatable bonds is 3. The molecule has 4 heteroatoms. The molecule has 0 fully saturated rings. The Balaban J connectivity index is 2.53. The molecule has 2 rings (SSSR count). The van der Waals surface area contributed by atoms with E-state index >= 15 is 0 Å². The second kappa shape index (κ2) is 4.80. The highest BCUT2D eigenvalue weighted by atomic mass is 15.3. The second-order valence-electron chi connectivity index (χ2n) is 5.18. The van der Waals surface area contributed by atoms with Gasteiger partial charge in [-0.2, -0.15) is 5.10 Å². The predicted octanol–water partition coefficient (Wildman–Crippen LogP) is 2.57. The maximum Gasteiger partial charge on any atom is 0.125 e. The lowest BCUT2D eigenvalue weighted by atomic mass is 9.99. The Morgan fingerprint density at radius 2 is 2.06 bits per heavy atom. The number of pyridine rings is 1. The van der Waals surface area contributed by atoms with E-state index in [1.807, 2.05) is 26.4 Å². The molecule has 0 saturated carbocycles.